The summed E-state index contributed by atoms with van der Waals surface area (Å²) in [6, 6.07) is 10.1. The zero-order chi connectivity index (χ0) is 49.6. The summed E-state index contributed by atoms with van der Waals surface area (Å²) in [4.78, 5) is 0. The molecule has 0 N–H and O–H groups in total. The van der Waals surface area contributed by atoms with Crippen LogP contribution in [-0.4, -0.2) is 9.13 Å². The first kappa shape index (κ1) is 15.3. The normalized spacial score (nSPS) is 16.9. The van der Waals surface area contributed by atoms with Gasteiger partial charge in [-0.15, -0.1) is 0 Å². The van der Waals surface area contributed by atoms with E-state index in [1.807, 2.05) is 0 Å². The summed E-state index contributed by atoms with van der Waals surface area (Å²) < 4.78 is 171. The van der Waals surface area contributed by atoms with E-state index >= 15 is 0 Å². The van der Waals surface area contributed by atoms with Gasteiger partial charge in [-0.3, -0.25) is 0 Å². The van der Waals surface area contributed by atoms with Crippen LogP contribution in [-0.2, 0) is 0 Å². The molecule has 50 heavy (non-hydrogen) atoms. The van der Waals surface area contributed by atoms with Crippen LogP contribution in [0.15, 0.2) is 194 Å². The van der Waals surface area contributed by atoms with Gasteiger partial charge in [-0.2, -0.15) is 0 Å². The van der Waals surface area contributed by atoms with Gasteiger partial charge in [0.2, 0.25) is 0 Å². The van der Waals surface area contributed by atoms with Crippen molar-refractivity contribution in [3.05, 3.63) is 194 Å². The predicted molar refractivity (Wildman–Crippen MR) is 211 cm³/mol. The van der Waals surface area contributed by atoms with Crippen molar-refractivity contribution in [2.45, 2.75) is 0 Å². The first-order valence-electron chi connectivity index (χ1n) is 25.1. The highest BCUT2D eigenvalue weighted by Crippen LogP contribution is 2.44. The van der Waals surface area contributed by atoms with E-state index in [4.69, 9.17) is 20.6 Å². The number of nitrogens with zero attached hydrogens (tertiary/aromatic N) is 2. The van der Waals surface area contributed by atoms with Gasteiger partial charge in [-0.1, -0.05) is 145 Å². The van der Waals surface area contributed by atoms with Gasteiger partial charge in [0, 0.05) is 38.4 Å². The van der Waals surface area contributed by atoms with Crippen LogP contribution in [0.5, 0.6) is 0 Å². The fraction of sp³-hybridized carbons (Fsp3) is 0. The second-order valence-electron chi connectivity index (χ2n) is 11.6. The van der Waals surface area contributed by atoms with Crippen molar-refractivity contribution in [3.8, 4) is 44.8 Å². The summed E-state index contributed by atoms with van der Waals surface area (Å²) in [7, 11) is 0. The van der Waals surface area contributed by atoms with Gasteiger partial charge in [-0.25, -0.2) is 0 Å². The third-order valence-electron chi connectivity index (χ3n) is 8.88. The molecule has 0 unspecified atom stereocenters. The fourth-order valence-electron chi connectivity index (χ4n) is 6.84. The number of para-hydroxylation sites is 3. The topological polar surface area (TPSA) is 9.86 Å². The van der Waals surface area contributed by atoms with Crippen molar-refractivity contribution < 1.29 is 26.0 Å². The summed E-state index contributed by atoms with van der Waals surface area (Å²) in [5, 5.41) is 1.99. The largest absolute Gasteiger partial charge is 0.309 e. The van der Waals surface area contributed by atoms with Crippen LogP contribution in [0.1, 0.15) is 26.0 Å². The maximum atomic E-state index is 9.28. The molecular formula is C48H32N2. The van der Waals surface area contributed by atoms with Crippen LogP contribution in [0.3, 0.4) is 0 Å². The van der Waals surface area contributed by atoms with Crippen molar-refractivity contribution in [3.63, 3.8) is 0 Å². The summed E-state index contributed by atoms with van der Waals surface area (Å²) in [5.41, 5.74) is 0.366. The van der Waals surface area contributed by atoms with E-state index < -0.39 is 114 Å². The van der Waals surface area contributed by atoms with Crippen molar-refractivity contribution in [2.24, 2.45) is 0 Å². The molecule has 0 saturated heterocycles. The molecule has 0 atom stereocenters. The Morgan fingerprint density at radius 1 is 0.340 bits per heavy atom. The van der Waals surface area contributed by atoms with Crippen LogP contribution >= 0.6 is 0 Å². The Kier molecular flexibility index (Phi) is 3.52. The van der Waals surface area contributed by atoms with Crippen LogP contribution in [0, 0.1) is 0 Å². The van der Waals surface area contributed by atoms with Crippen molar-refractivity contribution in [2.75, 3.05) is 0 Å². The second kappa shape index (κ2) is 11.5. The first-order valence-corrected chi connectivity index (χ1v) is 15.6. The van der Waals surface area contributed by atoms with Gasteiger partial charge in [0.15, 0.2) is 0 Å². The molecule has 0 spiro atoms. The molecule has 0 aliphatic carbocycles. The van der Waals surface area contributed by atoms with E-state index in [1.54, 1.807) is 75.9 Å². The number of rotatable bonds is 5. The minimum Gasteiger partial charge on any atom is -0.309 e. The van der Waals surface area contributed by atoms with Crippen molar-refractivity contribution in [1.29, 1.82) is 0 Å². The molecule has 0 aliphatic rings. The molecule has 2 aromatic heterocycles. The lowest BCUT2D eigenvalue weighted by molar-refractivity contribution is 1.17. The van der Waals surface area contributed by atoms with Crippen LogP contribution in [0.4, 0.5) is 0 Å². The number of fused-ring (bicyclic) bond motifs is 6. The number of hydrogen-bond acceptors (Lipinski definition) is 0. The molecule has 0 radical (unpaired) electrons. The fourth-order valence-corrected chi connectivity index (χ4v) is 6.84. The predicted octanol–water partition coefficient (Wildman–Crippen LogP) is 12.9. The van der Waals surface area contributed by atoms with E-state index in [2.05, 4.69) is 0 Å². The lowest BCUT2D eigenvalue weighted by atomic mass is 9.90. The van der Waals surface area contributed by atoms with Crippen molar-refractivity contribution in [1.82, 2.24) is 9.13 Å². The Labute approximate surface area is 317 Å². The highest BCUT2D eigenvalue weighted by Gasteiger charge is 2.22. The van der Waals surface area contributed by atoms with Gasteiger partial charge < -0.3 is 9.13 Å². The minimum absolute atomic E-state index is 0.0480. The quantitative estimate of drug-likeness (QED) is 0.175. The van der Waals surface area contributed by atoms with Crippen LogP contribution in [0.2, 0.25) is 0 Å². The molecule has 2 heteroatoms. The third kappa shape index (κ3) is 4.43. The van der Waals surface area contributed by atoms with E-state index in [0.29, 0.717) is 43.8 Å². The van der Waals surface area contributed by atoms with Gasteiger partial charge in [0.25, 0.3) is 0 Å². The van der Waals surface area contributed by atoms with Gasteiger partial charge in [-0.05, 0) is 70.8 Å². The smallest absolute Gasteiger partial charge is 0.0645 e. The molecule has 8 aromatic carbocycles. The molecule has 0 bridgehead atoms. The SMILES string of the molecule is [2H]c1c([2H])c([2H])c(-c2cc(-c3c([2H])c([2H])c([2H])c([2H])c3[2H])c(-n3c4ccccc4c4cc(-n5c6ccccc6c6c([2H])c([2H])c([2H])c([2H])c65)ccc43)c(-c3c([2H])c([2H])c([2H])c([2H])c3[2H])c2)c([2H])c1[2H]. The Morgan fingerprint density at radius 2 is 0.840 bits per heavy atom. The molecule has 10 aromatic rings. The molecule has 2 heterocycles. The zero-order valence-electron chi connectivity index (χ0n) is 44.9. The van der Waals surface area contributed by atoms with Gasteiger partial charge in [0.1, 0.15) is 0 Å². The lowest BCUT2D eigenvalue weighted by Gasteiger charge is -2.21. The number of hydrogen-bond donors (Lipinski definition) is 0. The third-order valence-corrected chi connectivity index (χ3v) is 8.88. The highest BCUT2D eigenvalue weighted by molar-refractivity contribution is 6.13. The van der Waals surface area contributed by atoms with E-state index in [-0.39, 0.29) is 45.5 Å². The van der Waals surface area contributed by atoms with Gasteiger partial charge >= 0.3 is 0 Å². The summed E-state index contributed by atoms with van der Waals surface area (Å²) in [6.07, 6.45) is 0. The maximum absolute atomic E-state index is 9.28. The Balaban J connectivity index is 1.43. The molecule has 2 nitrogen and oxygen atoms in total. The molecular weight excluding hydrogens is 605 g/mol. The Morgan fingerprint density at radius 3 is 1.48 bits per heavy atom. The zero-order valence-corrected chi connectivity index (χ0v) is 25.9. The number of aromatic nitrogens is 2. The maximum Gasteiger partial charge on any atom is 0.0645 e. The summed E-state index contributed by atoms with van der Waals surface area (Å²) in [6.45, 7) is 0. The molecule has 10 rings (SSSR count). The summed E-state index contributed by atoms with van der Waals surface area (Å²) >= 11 is 0. The molecule has 234 valence electrons. The molecule has 0 aliphatic heterocycles. The van der Waals surface area contributed by atoms with Crippen LogP contribution < -0.4 is 0 Å². The average Bonchev–Trinajstić information content (AvgIpc) is 3.87. The number of benzene rings is 8. The molecule has 0 amide bonds. The van der Waals surface area contributed by atoms with Gasteiger partial charge in [0.05, 0.1) is 53.8 Å². The monoisotopic (exact) mass is 655 g/mol. The average molecular weight is 656 g/mol. The Hall–Kier alpha value is -6.64. The highest BCUT2D eigenvalue weighted by atomic mass is 15.0. The minimum atomic E-state index is -0.731. The van der Waals surface area contributed by atoms with E-state index in [9.17, 15) is 5.48 Å². The van der Waals surface area contributed by atoms with E-state index in [1.165, 1.54) is 12.1 Å². The Bertz CT molecular complexity index is 3790. The van der Waals surface area contributed by atoms with Crippen molar-refractivity contribution >= 4 is 43.6 Å². The second-order valence-corrected chi connectivity index (χ2v) is 11.6. The van der Waals surface area contributed by atoms with E-state index in [0.717, 1.165) is 0 Å². The summed E-state index contributed by atoms with van der Waals surface area (Å²) in [5.74, 6) is 0. The molecule has 0 fully saturated rings. The van der Waals surface area contributed by atoms with Crippen LogP contribution in [0.25, 0.3) is 88.4 Å². The standard InChI is InChI=1S/C48H32N2/c1-4-16-33(17-5-1)36-30-41(34-18-6-2-7-19-34)48(42(31-36)35-20-8-3-9-21-35)50-46-27-15-12-24-40(46)43-32-37(28-29-47(43)50)49-44-25-13-10-22-38(44)39-23-11-14-26-45(39)49/h1-32H/i1D,2D,3D,4D,5D,6D,7D,8D,9D,10D,13D,16D,17D,18D,19D,20D,21D,22D,25D. The lowest BCUT2D eigenvalue weighted by Crippen LogP contribution is -2.02. The molecule has 0 saturated carbocycles. The first-order chi connectivity index (χ1) is 32.7.